The number of hydrogen-bond acceptors (Lipinski definition) is 4. The van der Waals surface area contributed by atoms with E-state index < -0.39 is 8.07 Å². The maximum atomic E-state index is 13.5. The van der Waals surface area contributed by atoms with E-state index in [-0.39, 0.29) is 25.9 Å². The first-order valence-electron chi connectivity index (χ1n) is 16.0. The summed E-state index contributed by atoms with van der Waals surface area (Å²) in [5, 5.41) is 3.36. The first-order valence-corrected chi connectivity index (χ1v) is 19.5. The standard InChI is InChI=1S/C23H14FN2O.C18H24NSi.Ir/c1-14-10-11-25-21(12-14)19-7-3-6-17-18-8-9-20(26-23(18)27-22(17)19)15-4-2-5-16(24)13-15;1-14(2)11-16-12-17(15-9-7-6-8-10-15)19-13-18(16)20(3,4)5;/h2-6,8-13H,1H3;6-9,12-14H,11H2,1-5H3;/q2*-1;. The fourth-order valence-electron chi connectivity index (χ4n) is 5.78. The van der Waals surface area contributed by atoms with Crippen molar-refractivity contribution in [2.45, 2.75) is 46.8 Å². The molecule has 0 saturated carbocycles. The summed E-state index contributed by atoms with van der Waals surface area (Å²) >= 11 is 0. The van der Waals surface area contributed by atoms with E-state index in [0.29, 0.717) is 28.5 Å². The van der Waals surface area contributed by atoms with E-state index >= 15 is 0 Å². The summed E-state index contributed by atoms with van der Waals surface area (Å²) in [6.45, 7) is 13.8. The third-order valence-electron chi connectivity index (χ3n) is 8.00. The quantitative estimate of drug-likeness (QED) is 0.124. The van der Waals surface area contributed by atoms with Gasteiger partial charge >= 0.3 is 0 Å². The monoisotopic (exact) mass is 828 g/mol. The van der Waals surface area contributed by atoms with Crippen LogP contribution in [0.1, 0.15) is 25.0 Å². The second-order valence-corrected chi connectivity index (χ2v) is 18.4. The maximum absolute atomic E-state index is 13.5. The van der Waals surface area contributed by atoms with Gasteiger partial charge in [0.1, 0.15) is 5.82 Å². The van der Waals surface area contributed by atoms with Gasteiger partial charge < -0.3 is 14.4 Å². The summed E-state index contributed by atoms with van der Waals surface area (Å²) in [6.07, 6.45) is 5.02. The molecule has 0 aliphatic heterocycles. The van der Waals surface area contributed by atoms with Crippen LogP contribution in [0.2, 0.25) is 19.6 Å². The Morgan fingerprint density at radius 1 is 0.812 bits per heavy atom. The topological polar surface area (TPSA) is 51.8 Å². The zero-order valence-electron chi connectivity index (χ0n) is 28.1. The molecule has 245 valence electrons. The molecule has 4 nitrogen and oxygen atoms in total. The minimum absolute atomic E-state index is 0. The molecule has 7 heteroatoms. The van der Waals surface area contributed by atoms with E-state index in [4.69, 9.17) is 4.42 Å². The SMILES string of the molecule is CC(C)Cc1cc(-c2[c-]cccc2)ncc1[Si](C)(C)C.Cc1ccnc(-c2[c-]ccc3c2oc2nc(-c4cccc(F)c4)ccc23)c1.[Ir]. The molecule has 0 spiro atoms. The van der Waals surface area contributed by atoms with Crippen molar-refractivity contribution in [1.29, 1.82) is 0 Å². The molecule has 0 atom stereocenters. The van der Waals surface area contributed by atoms with Gasteiger partial charge in [0.05, 0.1) is 19.4 Å². The minimum Gasteiger partial charge on any atom is -0.486 e. The summed E-state index contributed by atoms with van der Waals surface area (Å²) in [4.78, 5) is 13.7. The van der Waals surface area contributed by atoms with Crippen LogP contribution in [-0.2, 0) is 26.5 Å². The Labute approximate surface area is 296 Å². The largest absolute Gasteiger partial charge is 0.486 e. The summed E-state index contributed by atoms with van der Waals surface area (Å²) < 4.78 is 19.6. The number of halogens is 1. The summed E-state index contributed by atoms with van der Waals surface area (Å²) in [5.74, 6) is 0.376. The van der Waals surface area contributed by atoms with Crippen LogP contribution in [0.3, 0.4) is 0 Å². The number of fused-ring (bicyclic) bond motifs is 3. The van der Waals surface area contributed by atoms with Gasteiger partial charge in [0.2, 0.25) is 5.71 Å². The molecule has 0 unspecified atom stereocenters. The molecular weight excluding hydrogens is 790 g/mol. The predicted octanol–water partition coefficient (Wildman–Crippen LogP) is 10.2. The number of nitrogens with zero attached hydrogens (tertiary/aromatic N) is 3. The van der Waals surface area contributed by atoms with Gasteiger partial charge in [-0.15, -0.1) is 54.1 Å². The fraction of sp³-hybridized carbons (Fsp3) is 0.195. The second kappa shape index (κ2) is 14.9. The third-order valence-corrected chi connectivity index (χ3v) is 10.1. The number of hydrogen-bond donors (Lipinski definition) is 0. The third kappa shape index (κ3) is 7.87. The zero-order valence-corrected chi connectivity index (χ0v) is 31.5. The van der Waals surface area contributed by atoms with Gasteiger partial charge in [-0.25, -0.2) is 9.37 Å². The van der Waals surface area contributed by atoms with Crippen LogP contribution in [0.25, 0.3) is 55.8 Å². The van der Waals surface area contributed by atoms with Gasteiger partial charge in [0.25, 0.3) is 0 Å². The van der Waals surface area contributed by atoms with Crippen LogP contribution >= 0.6 is 0 Å². The molecular formula is C41H38FIrN3OSi-2. The Morgan fingerprint density at radius 3 is 2.35 bits per heavy atom. The van der Waals surface area contributed by atoms with E-state index in [0.717, 1.165) is 45.3 Å². The Kier molecular flexibility index (Phi) is 10.8. The average molecular weight is 828 g/mol. The van der Waals surface area contributed by atoms with E-state index in [1.807, 2.05) is 67.6 Å². The van der Waals surface area contributed by atoms with Gasteiger partial charge in [0.15, 0.2) is 0 Å². The number of aromatic nitrogens is 3. The molecule has 7 rings (SSSR count). The Balaban J connectivity index is 0.000000193. The smallest absolute Gasteiger partial charge is 0.216 e. The van der Waals surface area contributed by atoms with Crippen molar-refractivity contribution in [3.05, 3.63) is 132 Å². The van der Waals surface area contributed by atoms with Crippen LogP contribution < -0.4 is 5.19 Å². The van der Waals surface area contributed by atoms with E-state index in [1.54, 1.807) is 12.3 Å². The summed E-state index contributed by atoms with van der Waals surface area (Å²) in [7, 11) is -1.34. The Hall–Kier alpha value is -4.29. The molecule has 0 aliphatic rings. The molecule has 0 saturated heterocycles. The Bertz CT molecular complexity index is 2170. The van der Waals surface area contributed by atoms with Crippen molar-refractivity contribution < 1.29 is 28.9 Å². The number of aryl methyl sites for hydroxylation is 1. The van der Waals surface area contributed by atoms with E-state index in [1.165, 1.54) is 22.9 Å². The second-order valence-electron chi connectivity index (χ2n) is 13.3. The fourth-order valence-corrected chi connectivity index (χ4v) is 7.36. The predicted molar refractivity (Wildman–Crippen MR) is 194 cm³/mol. The van der Waals surface area contributed by atoms with Crippen molar-refractivity contribution >= 4 is 35.3 Å². The first kappa shape index (κ1) is 35.0. The molecule has 1 radical (unpaired) electrons. The van der Waals surface area contributed by atoms with Gasteiger partial charge in [-0.05, 0) is 66.2 Å². The van der Waals surface area contributed by atoms with Crippen molar-refractivity contribution in [2.24, 2.45) is 5.92 Å². The number of pyridine rings is 3. The zero-order chi connectivity index (χ0) is 33.1. The maximum Gasteiger partial charge on any atom is 0.216 e. The van der Waals surface area contributed by atoms with Crippen molar-refractivity contribution in [2.75, 3.05) is 0 Å². The molecule has 0 fully saturated rings. The molecule has 0 bridgehead atoms. The van der Waals surface area contributed by atoms with Crippen molar-refractivity contribution in [1.82, 2.24) is 15.0 Å². The average Bonchev–Trinajstić information content (AvgIpc) is 3.43. The van der Waals surface area contributed by atoms with Crippen molar-refractivity contribution in [3.63, 3.8) is 0 Å². The number of furan rings is 1. The molecule has 3 aromatic carbocycles. The number of benzene rings is 3. The molecule has 4 aromatic heterocycles. The van der Waals surface area contributed by atoms with Crippen LogP contribution in [-0.4, -0.2) is 23.0 Å². The van der Waals surface area contributed by atoms with Crippen LogP contribution in [0.15, 0.2) is 108 Å². The van der Waals surface area contributed by atoms with Gasteiger partial charge in [-0.3, -0.25) is 0 Å². The van der Waals surface area contributed by atoms with Crippen LogP contribution in [0, 0.1) is 30.8 Å². The normalized spacial score (nSPS) is 11.3. The van der Waals surface area contributed by atoms with Gasteiger partial charge in [-0.1, -0.05) is 79.8 Å². The van der Waals surface area contributed by atoms with Gasteiger partial charge in [0, 0.05) is 43.4 Å². The summed E-state index contributed by atoms with van der Waals surface area (Å²) in [5.41, 5.74) is 8.93. The number of rotatable bonds is 6. The molecule has 4 heterocycles. The van der Waals surface area contributed by atoms with Crippen LogP contribution in [0.5, 0.6) is 0 Å². The molecule has 0 aliphatic carbocycles. The minimum atomic E-state index is -1.34. The van der Waals surface area contributed by atoms with E-state index in [2.05, 4.69) is 78.9 Å². The van der Waals surface area contributed by atoms with Crippen molar-refractivity contribution in [3.8, 4) is 33.8 Å². The molecule has 7 aromatic rings. The molecule has 0 amide bonds. The molecule has 48 heavy (non-hydrogen) atoms. The van der Waals surface area contributed by atoms with Crippen LogP contribution in [0.4, 0.5) is 4.39 Å². The first-order chi connectivity index (χ1) is 22.6. The molecule has 0 N–H and O–H groups in total. The Morgan fingerprint density at radius 2 is 1.65 bits per heavy atom. The summed E-state index contributed by atoms with van der Waals surface area (Å²) in [6, 6.07) is 34.9. The van der Waals surface area contributed by atoms with E-state index in [9.17, 15) is 4.39 Å². The van der Waals surface area contributed by atoms with Gasteiger partial charge in [-0.2, -0.15) is 0 Å².